The fourth-order valence-electron chi connectivity index (χ4n) is 2.28. The van der Waals surface area contributed by atoms with Gasteiger partial charge < -0.3 is 10.6 Å². The summed E-state index contributed by atoms with van der Waals surface area (Å²) >= 11 is 12.0. The van der Waals surface area contributed by atoms with Crippen LogP contribution in [-0.2, 0) is 6.54 Å². The van der Waals surface area contributed by atoms with Crippen molar-refractivity contribution in [2.24, 2.45) is 0 Å². The van der Waals surface area contributed by atoms with Crippen molar-refractivity contribution in [3.8, 4) is 0 Å². The summed E-state index contributed by atoms with van der Waals surface area (Å²) < 4.78 is 13.7. The van der Waals surface area contributed by atoms with Crippen LogP contribution in [0.4, 0.5) is 15.8 Å². The maximum absolute atomic E-state index is 13.7. The van der Waals surface area contributed by atoms with Gasteiger partial charge in [-0.3, -0.25) is 9.78 Å². The first kappa shape index (κ1) is 18.2. The Balaban J connectivity index is 1.71. The van der Waals surface area contributed by atoms with Crippen molar-refractivity contribution in [3.63, 3.8) is 0 Å². The molecule has 0 saturated carbocycles. The van der Waals surface area contributed by atoms with Gasteiger partial charge in [-0.1, -0.05) is 41.4 Å². The number of rotatable bonds is 5. The van der Waals surface area contributed by atoms with E-state index in [0.717, 1.165) is 0 Å². The Hall–Kier alpha value is -2.63. The molecule has 1 amide bonds. The third-order valence-corrected chi connectivity index (χ3v) is 4.17. The Morgan fingerprint density at radius 1 is 1.08 bits per heavy atom. The lowest BCUT2D eigenvalue weighted by atomic mass is 10.2. The second-order valence-electron chi connectivity index (χ2n) is 5.45. The molecule has 2 aromatic carbocycles. The minimum atomic E-state index is -0.427. The van der Waals surface area contributed by atoms with Gasteiger partial charge >= 0.3 is 0 Å². The quantitative estimate of drug-likeness (QED) is 0.614. The molecule has 0 saturated heterocycles. The number of pyridine rings is 1. The monoisotopic (exact) mass is 389 g/mol. The Morgan fingerprint density at radius 2 is 1.88 bits per heavy atom. The van der Waals surface area contributed by atoms with Gasteiger partial charge in [0, 0.05) is 29.0 Å². The van der Waals surface area contributed by atoms with Crippen LogP contribution in [0, 0.1) is 5.82 Å². The Bertz CT molecular complexity index is 950. The number of benzene rings is 2. The van der Waals surface area contributed by atoms with Crippen LogP contribution in [0.3, 0.4) is 0 Å². The number of halogens is 3. The van der Waals surface area contributed by atoms with E-state index in [-0.39, 0.29) is 18.1 Å². The molecule has 1 heterocycles. The predicted octanol–water partition coefficient (Wildman–Crippen LogP) is 5.39. The maximum atomic E-state index is 13.7. The molecular weight excluding hydrogens is 376 g/mol. The normalized spacial score (nSPS) is 10.4. The molecule has 0 fully saturated rings. The van der Waals surface area contributed by atoms with Crippen LogP contribution in [0.15, 0.2) is 60.8 Å². The van der Waals surface area contributed by atoms with Crippen molar-refractivity contribution in [2.45, 2.75) is 6.54 Å². The molecule has 3 rings (SSSR count). The molecule has 2 N–H and O–H groups in total. The molecule has 0 aliphatic carbocycles. The summed E-state index contributed by atoms with van der Waals surface area (Å²) in [5.41, 5.74) is 1.77. The largest absolute Gasteiger partial charge is 0.381 e. The van der Waals surface area contributed by atoms with Crippen molar-refractivity contribution in [2.75, 3.05) is 10.6 Å². The smallest absolute Gasteiger partial charge is 0.274 e. The molecule has 1 aromatic heterocycles. The van der Waals surface area contributed by atoms with E-state index in [9.17, 15) is 9.18 Å². The van der Waals surface area contributed by atoms with Crippen molar-refractivity contribution in [1.82, 2.24) is 4.98 Å². The summed E-state index contributed by atoms with van der Waals surface area (Å²) in [6.07, 6.45) is 1.50. The molecule has 3 aromatic rings. The van der Waals surface area contributed by atoms with Crippen LogP contribution < -0.4 is 10.6 Å². The Kier molecular flexibility index (Phi) is 5.71. The topological polar surface area (TPSA) is 54.0 Å². The molecule has 0 unspecified atom stereocenters. The third kappa shape index (κ3) is 4.50. The van der Waals surface area contributed by atoms with Gasteiger partial charge in [-0.15, -0.1) is 0 Å². The van der Waals surface area contributed by atoms with Crippen molar-refractivity contribution in [1.29, 1.82) is 0 Å². The number of aromatic nitrogens is 1. The second-order valence-corrected chi connectivity index (χ2v) is 6.30. The summed E-state index contributed by atoms with van der Waals surface area (Å²) in [6, 6.07) is 14.6. The number of anilines is 2. The average molecular weight is 390 g/mol. The number of hydrogen-bond acceptors (Lipinski definition) is 3. The minimum absolute atomic E-state index is 0.194. The molecular formula is C19H14Cl2FN3O. The van der Waals surface area contributed by atoms with Crippen LogP contribution in [0.1, 0.15) is 16.1 Å². The molecule has 0 aliphatic rings. The van der Waals surface area contributed by atoms with Crippen molar-refractivity contribution in [3.05, 3.63) is 87.9 Å². The van der Waals surface area contributed by atoms with Gasteiger partial charge in [0.1, 0.15) is 11.5 Å². The SMILES string of the molecule is O=C(Nc1cc(Cl)ccc1Cl)c1cc(NCc2ccccc2F)ccn1. The summed E-state index contributed by atoms with van der Waals surface area (Å²) in [5.74, 6) is -0.716. The molecule has 0 bridgehead atoms. The number of hydrogen-bond donors (Lipinski definition) is 2. The lowest BCUT2D eigenvalue weighted by molar-refractivity contribution is 0.102. The van der Waals surface area contributed by atoms with Crippen LogP contribution in [0.5, 0.6) is 0 Å². The second kappa shape index (κ2) is 8.17. The number of carbonyl (C=O) groups is 1. The molecule has 0 atom stereocenters. The standard InChI is InChI=1S/C19H14Cl2FN3O/c20-13-5-6-15(21)17(9-13)25-19(26)18-10-14(7-8-23-18)24-11-12-3-1-2-4-16(12)22/h1-10H,11H2,(H,23,24)(H,25,26). The van der Waals surface area contributed by atoms with Gasteiger partial charge in [0.25, 0.3) is 5.91 Å². The zero-order valence-electron chi connectivity index (χ0n) is 13.5. The summed E-state index contributed by atoms with van der Waals surface area (Å²) in [4.78, 5) is 16.5. The lowest BCUT2D eigenvalue weighted by Crippen LogP contribution is -2.14. The zero-order chi connectivity index (χ0) is 18.5. The van der Waals surface area contributed by atoms with E-state index >= 15 is 0 Å². The minimum Gasteiger partial charge on any atom is -0.381 e. The van der Waals surface area contributed by atoms with E-state index in [1.807, 2.05) is 0 Å². The number of nitrogens with one attached hydrogen (secondary N) is 2. The van der Waals surface area contributed by atoms with E-state index in [1.165, 1.54) is 12.3 Å². The molecule has 0 spiro atoms. The Morgan fingerprint density at radius 3 is 2.69 bits per heavy atom. The molecule has 26 heavy (non-hydrogen) atoms. The van der Waals surface area contributed by atoms with Gasteiger partial charge in [0.05, 0.1) is 10.7 Å². The Labute approximate surface area is 160 Å². The van der Waals surface area contributed by atoms with E-state index in [0.29, 0.717) is 27.0 Å². The van der Waals surface area contributed by atoms with Crippen LogP contribution in [0.25, 0.3) is 0 Å². The highest BCUT2D eigenvalue weighted by Gasteiger charge is 2.11. The maximum Gasteiger partial charge on any atom is 0.274 e. The van der Waals surface area contributed by atoms with E-state index in [2.05, 4.69) is 15.6 Å². The summed E-state index contributed by atoms with van der Waals surface area (Å²) in [5, 5.41) is 6.57. The zero-order valence-corrected chi connectivity index (χ0v) is 15.0. The van der Waals surface area contributed by atoms with Crippen molar-refractivity contribution < 1.29 is 9.18 Å². The fourth-order valence-corrected chi connectivity index (χ4v) is 2.62. The summed E-state index contributed by atoms with van der Waals surface area (Å²) in [7, 11) is 0. The van der Waals surface area contributed by atoms with Crippen LogP contribution >= 0.6 is 23.2 Å². The first-order valence-corrected chi connectivity index (χ1v) is 8.48. The molecule has 4 nitrogen and oxygen atoms in total. The van der Waals surface area contributed by atoms with Gasteiger partial charge in [-0.2, -0.15) is 0 Å². The highest BCUT2D eigenvalue weighted by Crippen LogP contribution is 2.26. The first-order chi connectivity index (χ1) is 12.5. The van der Waals surface area contributed by atoms with Crippen LogP contribution in [0.2, 0.25) is 10.0 Å². The lowest BCUT2D eigenvalue weighted by Gasteiger charge is -2.10. The van der Waals surface area contributed by atoms with Gasteiger partial charge in [0.15, 0.2) is 0 Å². The van der Waals surface area contributed by atoms with Crippen molar-refractivity contribution >= 4 is 40.5 Å². The van der Waals surface area contributed by atoms with E-state index < -0.39 is 5.91 Å². The number of nitrogens with zero attached hydrogens (tertiary/aromatic N) is 1. The number of carbonyl (C=O) groups excluding carboxylic acids is 1. The number of amides is 1. The predicted molar refractivity (Wildman–Crippen MR) is 102 cm³/mol. The summed E-state index contributed by atoms with van der Waals surface area (Å²) in [6.45, 7) is 0.290. The molecule has 0 radical (unpaired) electrons. The van der Waals surface area contributed by atoms with E-state index in [4.69, 9.17) is 23.2 Å². The molecule has 132 valence electrons. The average Bonchev–Trinajstić information content (AvgIpc) is 2.64. The highest BCUT2D eigenvalue weighted by molar-refractivity contribution is 6.35. The third-order valence-electron chi connectivity index (χ3n) is 3.61. The first-order valence-electron chi connectivity index (χ1n) is 7.72. The van der Waals surface area contributed by atoms with Gasteiger partial charge in [-0.25, -0.2) is 4.39 Å². The van der Waals surface area contributed by atoms with Gasteiger partial charge in [0.2, 0.25) is 0 Å². The fraction of sp³-hybridized carbons (Fsp3) is 0.0526. The highest BCUT2D eigenvalue weighted by atomic mass is 35.5. The molecule has 7 heteroatoms. The molecule has 0 aliphatic heterocycles. The van der Waals surface area contributed by atoms with E-state index in [1.54, 1.807) is 48.5 Å². The van der Waals surface area contributed by atoms with Crippen LogP contribution in [-0.4, -0.2) is 10.9 Å². The van der Waals surface area contributed by atoms with Gasteiger partial charge in [-0.05, 0) is 36.4 Å².